The van der Waals surface area contributed by atoms with E-state index in [1.54, 1.807) is 24.0 Å². The highest BCUT2D eigenvalue weighted by Crippen LogP contribution is 2.08. The van der Waals surface area contributed by atoms with E-state index in [-0.39, 0.29) is 11.8 Å². The number of rotatable bonds is 6. The van der Waals surface area contributed by atoms with Gasteiger partial charge in [0.1, 0.15) is 6.04 Å². The van der Waals surface area contributed by atoms with Gasteiger partial charge in [-0.3, -0.25) is 9.59 Å². The topological polar surface area (TPSA) is 49.4 Å². The van der Waals surface area contributed by atoms with Gasteiger partial charge in [-0.05, 0) is 38.5 Å². The number of nitrogens with zero attached hydrogens (tertiary/aromatic N) is 1. The van der Waals surface area contributed by atoms with Gasteiger partial charge in [0.25, 0.3) is 5.91 Å². The zero-order chi connectivity index (χ0) is 15.1. The first-order valence-corrected chi connectivity index (χ1v) is 7.90. The van der Waals surface area contributed by atoms with Crippen LogP contribution < -0.4 is 5.32 Å². The number of nitrogens with one attached hydrogen (secondary N) is 1. The van der Waals surface area contributed by atoms with Crippen molar-refractivity contribution in [3.63, 3.8) is 0 Å². The molecule has 110 valence electrons. The maximum Gasteiger partial charge on any atom is 0.251 e. The Morgan fingerprint density at radius 2 is 1.75 bits per heavy atom. The van der Waals surface area contributed by atoms with Crippen LogP contribution in [-0.2, 0) is 10.1 Å². The monoisotopic (exact) mass is 340 g/mol. The molecule has 0 aromatic heterocycles. The first kappa shape index (κ1) is 16.7. The van der Waals surface area contributed by atoms with Crippen molar-refractivity contribution >= 4 is 27.7 Å². The summed E-state index contributed by atoms with van der Waals surface area (Å²) in [6.07, 6.45) is 0. The number of amides is 2. The molecule has 0 fully saturated rings. The van der Waals surface area contributed by atoms with Crippen molar-refractivity contribution in [1.29, 1.82) is 0 Å². The van der Waals surface area contributed by atoms with Gasteiger partial charge in [-0.1, -0.05) is 28.1 Å². The van der Waals surface area contributed by atoms with Gasteiger partial charge in [0, 0.05) is 24.0 Å². The SMILES string of the molecule is CCN(CC)C(=O)C(C)NC(=O)c1ccc(CBr)cc1. The van der Waals surface area contributed by atoms with E-state index < -0.39 is 6.04 Å². The van der Waals surface area contributed by atoms with E-state index in [0.29, 0.717) is 18.7 Å². The summed E-state index contributed by atoms with van der Waals surface area (Å²) in [4.78, 5) is 25.8. The lowest BCUT2D eigenvalue weighted by Crippen LogP contribution is -2.46. The Hall–Kier alpha value is -1.36. The molecule has 1 aromatic carbocycles. The summed E-state index contributed by atoms with van der Waals surface area (Å²) in [7, 11) is 0. The lowest BCUT2D eigenvalue weighted by molar-refractivity contribution is -0.132. The van der Waals surface area contributed by atoms with Crippen LogP contribution in [0.1, 0.15) is 36.7 Å². The molecule has 0 radical (unpaired) electrons. The highest BCUT2D eigenvalue weighted by Gasteiger charge is 2.20. The van der Waals surface area contributed by atoms with Crippen molar-refractivity contribution in [2.75, 3.05) is 13.1 Å². The average Bonchev–Trinajstić information content (AvgIpc) is 2.48. The molecular formula is C15H21BrN2O2. The van der Waals surface area contributed by atoms with Gasteiger partial charge in [-0.25, -0.2) is 0 Å². The predicted molar refractivity (Wildman–Crippen MR) is 83.9 cm³/mol. The summed E-state index contributed by atoms with van der Waals surface area (Å²) in [5.74, 6) is -0.278. The predicted octanol–water partition coefficient (Wildman–Crippen LogP) is 2.57. The quantitative estimate of drug-likeness (QED) is 0.809. The number of benzene rings is 1. The van der Waals surface area contributed by atoms with Crippen LogP contribution in [-0.4, -0.2) is 35.8 Å². The number of halogens is 1. The van der Waals surface area contributed by atoms with Crippen LogP contribution in [0, 0.1) is 0 Å². The molecule has 0 saturated heterocycles. The highest BCUT2D eigenvalue weighted by atomic mass is 79.9. The molecule has 1 N–H and O–H groups in total. The van der Waals surface area contributed by atoms with Crippen LogP contribution in [0.4, 0.5) is 0 Å². The average molecular weight is 341 g/mol. The molecule has 0 aliphatic carbocycles. The van der Waals surface area contributed by atoms with Crippen molar-refractivity contribution in [3.8, 4) is 0 Å². The maximum atomic E-state index is 12.1. The lowest BCUT2D eigenvalue weighted by atomic mass is 10.1. The fourth-order valence-electron chi connectivity index (χ4n) is 1.90. The number of likely N-dealkylation sites (N-methyl/N-ethyl adjacent to an activating group) is 1. The summed E-state index contributed by atoms with van der Waals surface area (Å²) in [5.41, 5.74) is 1.67. The fourth-order valence-corrected chi connectivity index (χ4v) is 2.27. The number of hydrogen-bond donors (Lipinski definition) is 1. The molecule has 0 aliphatic rings. The first-order chi connectivity index (χ1) is 9.53. The van der Waals surface area contributed by atoms with Gasteiger partial charge in [-0.15, -0.1) is 0 Å². The Morgan fingerprint density at radius 3 is 2.20 bits per heavy atom. The minimum Gasteiger partial charge on any atom is -0.341 e. The Morgan fingerprint density at radius 1 is 1.20 bits per heavy atom. The molecule has 4 nitrogen and oxygen atoms in total. The minimum atomic E-state index is -0.516. The summed E-state index contributed by atoms with van der Waals surface area (Å²) in [6, 6.07) is 6.79. The van der Waals surface area contributed by atoms with Crippen molar-refractivity contribution in [2.24, 2.45) is 0 Å². The van der Waals surface area contributed by atoms with Crippen molar-refractivity contribution in [2.45, 2.75) is 32.1 Å². The van der Waals surface area contributed by atoms with Crippen molar-refractivity contribution in [3.05, 3.63) is 35.4 Å². The third-order valence-electron chi connectivity index (χ3n) is 3.16. The second-order valence-electron chi connectivity index (χ2n) is 4.54. The van der Waals surface area contributed by atoms with E-state index in [9.17, 15) is 9.59 Å². The largest absolute Gasteiger partial charge is 0.341 e. The summed E-state index contributed by atoms with van der Waals surface area (Å²) >= 11 is 3.36. The van der Waals surface area contributed by atoms with Crippen molar-refractivity contribution in [1.82, 2.24) is 10.2 Å². The van der Waals surface area contributed by atoms with Gasteiger partial charge >= 0.3 is 0 Å². The van der Waals surface area contributed by atoms with Gasteiger partial charge < -0.3 is 10.2 Å². The summed E-state index contributed by atoms with van der Waals surface area (Å²) < 4.78 is 0. The van der Waals surface area contributed by atoms with E-state index in [4.69, 9.17) is 0 Å². The standard InChI is InChI=1S/C15H21BrN2O2/c1-4-18(5-2)15(20)11(3)17-14(19)13-8-6-12(10-16)7-9-13/h6-9,11H,4-5,10H2,1-3H3,(H,17,19). The van der Waals surface area contributed by atoms with E-state index in [1.165, 1.54) is 0 Å². The van der Waals surface area contributed by atoms with E-state index in [2.05, 4.69) is 21.2 Å². The number of hydrogen-bond acceptors (Lipinski definition) is 2. The molecule has 1 atom stereocenters. The molecule has 2 amide bonds. The van der Waals surface area contributed by atoms with Crippen LogP contribution in [0.3, 0.4) is 0 Å². The van der Waals surface area contributed by atoms with Gasteiger partial charge in [0.15, 0.2) is 0 Å². The Bertz CT molecular complexity index is 455. The second-order valence-corrected chi connectivity index (χ2v) is 5.10. The number of alkyl halides is 1. The number of carbonyl (C=O) groups is 2. The Balaban J connectivity index is 2.66. The molecule has 20 heavy (non-hydrogen) atoms. The molecular weight excluding hydrogens is 320 g/mol. The molecule has 0 aliphatic heterocycles. The summed E-state index contributed by atoms with van der Waals surface area (Å²) in [6.45, 7) is 6.86. The van der Waals surface area contributed by atoms with E-state index in [1.807, 2.05) is 26.0 Å². The van der Waals surface area contributed by atoms with Gasteiger partial charge in [0.2, 0.25) is 5.91 Å². The third-order valence-corrected chi connectivity index (χ3v) is 3.81. The molecule has 0 spiro atoms. The molecule has 0 bridgehead atoms. The Kier molecular flexibility index (Phi) is 6.71. The van der Waals surface area contributed by atoms with Crippen LogP contribution in [0.25, 0.3) is 0 Å². The van der Waals surface area contributed by atoms with Crippen LogP contribution >= 0.6 is 15.9 Å². The van der Waals surface area contributed by atoms with Crippen LogP contribution in [0.2, 0.25) is 0 Å². The normalized spacial score (nSPS) is 11.8. The zero-order valence-electron chi connectivity index (χ0n) is 12.1. The molecule has 0 saturated carbocycles. The molecule has 1 unspecified atom stereocenters. The third kappa shape index (κ3) is 4.34. The fraction of sp³-hybridized carbons (Fsp3) is 0.467. The molecule has 5 heteroatoms. The molecule has 1 aromatic rings. The first-order valence-electron chi connectivity index (χ1n) is 6.78. The molecule has 1 rings (SSSR count). The highest BCUT2D eigenvalue weighted by molar-refractivity contribution is 9.08. The zero-order valence-corrected chi connectivity index (χ0v) is 13.7. The Labute approximate surface area is 128 Å². The van der Waals surface area contributed by atoms with Crippen LogP contribution in [0.15, 0.2) is 24.3 Å². The second kappa shape index (κ2) is 8.04. The van der Waals surface area contributed by atoms with E-state index >= 15 is 0 Å². The van der Waals surface area contributed by atoms with Crippen LogP contribution in [0.5, 0.6) is 0 Å². The summed E-state index contributed by atoms with van der Waals surface area (Å²) in [5, 5.41) is 3.50. The van der Waals surface area contributed by atoms with Crippen molar-refractivity contribution < 1.29 is 9.59 Å². The maximum absolute atomic E-state index is 12.1. The van der Waals surface area contributed by atoms with E-state index in [0.717, 1.165) is 10.9 Å². The smallest absolute Gasteiger partial charge is 0.251 e. The minimum absolute atomic E-state index is 0.0552. The number of carbonyl (C=O) groups excluding carboxylic acids is 2. The van der Waals surface area contributed by atoms with Gasteiger partial charge in [0.05, 0.1) is 0 Å². The molecule has 0 heterocycles. The lowest BCUT2D eigenvalue weighted by Gasteiger charge is -2.23. The van der Waals surface area contributed by atoms with Gasteiger partial charge in [-0.2, -0.15) is 0 Å².